The van der Waals surface area contributed by atoms with Crippen molar-refractivity contribution in [2.24, 2.45) is 5.92 Å². The molecule has 0 aromatic heterocycles. The number of nitrogens with one attached hydrogen (secondary N) is 1. The zero-order valence-corrected chi connectivity index (χ0v) is 9.44. The van der Waals surface area contributed by atoms with Crippen molar-refractivity contribution in [1.82, 2.24) is 5.32 Å². The molecule has 0 spiro atoms. The summed E-state index contributed by atoms with van der Waals surface area (Å²) in [5.74, 6) is 0.705. The van der Waals surface area contributed by atoms with Crippen molar-refractivity contribution < 1.29 is 4.74 Å². The molecule has 1 N–H and O–H groups in total. The van der Waals surface area contributed by atoms with Gasteiger partial charge in [0.2, 0.25) is 0 Å². The molecule has 0 amide bonds. The monoisotopic (exact) mass is 187 g/mol. The van der Waals surface area contributed by atoms with Crippen molar-refractivity contribution in [2.45, 2.75) is 40.0 Å². The van der Waals surface area contributed by atoms with Crippen LogP contribution in [0.15, 0.2) is 0 Å². The third-order valence-corrected chi connectivity index (χ3v) is 2.11. The molecule has 0 saturated heterocycles. The quantitative estimate of drug-likeness (QED) is 0.560. The zero-order chi connectivity index (χ0) is 9.94. The van der Waals surface area contributed by atoms with Gasteiger partial charge >= 0.3 is 0 Å². The summed E-state index contributed by atoms with van der Waals surface area (Å²) < 4.78 is 5.44. The minimum atomic E-state index is 0.705. The Labute approximate surface area is 83.1 Å². The van der Waals surface area contributed by atoms with Crippen LogP contribution in [-0.4, -0.2) is 26.3 Å². The average Bonchev–Trinajstić information content (AvgIpc) is 2.14. The Morgan fingerprint density at radius 1 is 1.15 bits per heavy atom. The number of rotatable bonds is 9. The van der Waals surface area contributed by atoms with Crippen LogP contribution in [0.25, 0.3) is 0 Å². The van der Waals surface area contributed by atoms with Crippen molar-refractivity contribution in [1.29, 1.82) is 0 Å². The Hall–Kier alpha value is -0.0800. The van der Waals surface area contributed by atoms with Gasteiger partial charge in [-0.25, -0.2) is 0 Å². The summed E-state index contributed by atoms with van der Waals surface area (Å²) in [6.45, 7) is 10.5. The standard InChI is InChI=1S/C11H25NO/c1-4-7-11(10-13-6-3)9-12-8-5-2/h11-12H,4-10H2,1-3H3. The second kappa shape index (κ2) is 10.0. The SMILES string of the molecule is CCCNCC(CCC)COCC. The first-order valence-corrected chi connectivity index (χ1v) is 5.63. The molecule has 1 unspecified atom stereocenters. The summed E-state index contributed by atoms with van der Waals surface area (Å²) in [5, 5.41) is 3.45. The highest BCUT2D eigenvalue weighted by Crippen LogP contribution is 2.05. The smallest absolute Gasteiger partial charge is 0.0506 e. The Kier molecular flexibility index (Phi) is 9.94. The van der Waals surface area contributed by atoms with Crippen LogP contribution >= 0.6 is 0 Å². The van der Waals surface area contributed by atoms with Crippen molar-refractivity contribution in [3.05, 3.63) is 0 Å². The van der Waals surface area contributed by atoms with Gasteiger partial charge in [-0.2, -0.15) is 0 Å². The molecular weight excluding hydrogens is 162 g/mol. The van der Waals surface area contributed by atoms with Gasteiger partial charge in [-0.3, -0.25) is 0 Å². The lowest BCUT2D eigenvalue weighted by atomic mass is 10.1. The van der Waals surface area contributed by atoms with E-state index in [9.17, 15) is 0 Å². The maximum atomic E-state index is 5.44. The van der Waals surface area contributed by atoms with E-state index >= 15 is 0 Å². The lowest BCUT2D eigenvalue weighted by molar-refractivity contribution is 0.106. The number of ether oxygens (including phenoxy) is 1. The molecule has 0 aromatic carbocycles. The Bertz CT molecular complexity index is 96.1. The van der Waals surface area contributed by atoms with Crippen molar-refractivity contribution >= 4 is 0 Å². The Morgan fingerprint density at radius 2 is 1.92 bits per heavy atom. The molecule has 13 heavy (non-hydrogen) atoms. The molecule has 0 saturated carbocycles. The van der Waals surface area contributed by atoms with Gasteiger partial charge in [0.15, 0.2) is 0 Å². The maximum Gasteiger partial charge on any atom is 0.0506 e. The van der Waals surface area contributed by atoms with Crippen LogP contribution in [0.4, 0.5) is 0 Å². The molecule has 2 heteroatoms. The molecule has 2 nitrogen and oxygen atoms in total. The molecule has 0 rings (SSSR count). The van der Waals surface area contributed by atoms with Gasteiger partial charge in [-0.1, -0.05) is 20.3 Å². The van der Waals surface area contributed by atoms with Crippen LogP contribution in [-0.2, 0) is 4.74 Å². The van der Waals surface area contributed by atoms with Crippen LogP contribution < -0.4 is 5.32 Å². The first-order chi connectivity index (χ1) is 6.35. The van der Waals surface area contributed by atoms with Crippen LogP contribution in [0.2, 0.25) is 0 Å². The van der Waals surface area contributed by atoms with Crippen molar-refractivity contribution in [3.8, 4) is 0 Å². The van der Waals surface area contributed by atoms with Gasteiger partial charge in [0.25, 0.3) is 0 Å². The molecule has 0 aromatic rings. The summed E-state index contributed by atoms with van der Waals surface area (Å²) in [7, 11) is 0. The number of hydrogen-bond acceptors (Lipinski definition) is 2. The largest absolute Gasteiger partial charge is 0.381 e. The minimum absolute atomic E-state index is 0.705. The molecule has 0 aliphatic carbocycles. The predicted octanol–water partition coefficient (Wildman–Crippen LogP) is 2.44. The molecule has 0 heterocycles. The van der Waals surface area contributed by atoms with E-state index in [1.54, 1.807) is 0 Å². The normalized spacial score (nSPS) is 13.2. The summed E-state index contributed by atoms with van der Waals surface area (Å²) >= 11 is 0. The molecule has 0 fully saturated rings. The van der Waals surface area contributed by atoms with Crippen molar-refractivity contribution in [3.63, 3.8) is 0 Å². The van der Waals surface area contributed by atoms with Gasteiger partial charge in [-0.05, 0) is 32.2 Å². The van der Waals surface area contributed by atoms with E-state index in [1.807, 2.05) is 0 Å². The van der Waals surface area contributed by atoms with E-state index in [1.165, 1.54) is 19.3 Å². The fraction of sp³-hybridized carbons (Fsp3) is 1.00. The average molecular weight is 187 g/mol. The van der Waals surface area contributed by atoms with E-state index in [4.69, 9.17) is 4.74 Å². The fourth-order valence-electron chi connectivity index (χ4n) is 1.42. The lowest BCUT2D eigenvalue weighted by Crippen LogP contribution is -2.26. The molecule has 0 aliphatic rings. The van der Waals surface area contributed by atoms with Crippen LogP contribution in [0.1, 0.15) is 40.0 Å². The van der Waals surface area contributed by atoms with Gasteiger partial charge < -0.3 is 10.1 Å². The van der Waals surface area contributed by atoms with Crippen LogP contribution in [0.5, 0.6) is 0 Å². The lowest BCUT2D eigenvalue weighted by Gasteiger charge is -2.16. The second-order valence-electron chi connectivity index (χ2n) is 3.52. The minimum Gasteiger partial charge on any atom is -0.381 e. The van der Waals surface area contributed by atoms with E-state index in [0.717, 1.165) is 26.3 Å². The van der Waals surface area contributed by atoms with Gasteiger partial charge in [0.05, 0.1) is 6.61 Å². The van der Waals surface area contributed by atoms with E-state index in [-0.39, 0.29) is 0 Å². The summed E-state index contributed by atoms with van der Waals surface area (Å²) in [6, 6.07) is 0. The third kappa shape index (κ3) is 8.26. The summed E-state index contributed by atoms with van der Waals surface area (Å²) in [5.41, 5.74) is 0. The van der Waals surface area contributed by atoms with E-state index < -0.39 is 0 Å². The van der Waals surface area contributed by atoms with Crippen molar-refractivity contribution in [2.75, 3.05) is 26.3 Å². The zero-order valence-electron chi connectivity index (χ0n) is 9.44. The highest BCUT2D eigenvalue weighted by molar-refractivity contribution is 4.60. The third-order valence-electron chi connectivity index (χ3n) is 2.11. The first-order valence-electron chi connectivity index (χ1n) is 5.63. The Morgan fingerprint density at radius 3 is 2.46 bits per heavy atom. The number of hydrogen-bond donors (Lipinski definition) is 1. The molecule has 0 aliphatic heterocycles. The summed E-state index contributed by atoms with van der Waals surface area (Å²) in [4.78, 5) is 0. The molecular formula is C11H25NO. The van der Waals surface area contributed by atoms with Crippen LogP contribution in [0.3, 0.4) is 0 Å². The molecule has 0 radical (unpaired) electrons. The predicted molar refractivity (Wildman–Crippen MR) is 58.1 cm³/mol. The maximum absolute atomic E-state index is 5.44. The topological polar surface area (TPSA) is 21.3 Å². The fourth-order valence-corrected chi connectivity index (χ4v) is 1.42. The highest BCUT2D eigenvalue weighted by Gasteiger charge is 2.06. The first kappa shape index (κ1) is 12.9. The highest BCUT2D eigenvalue weighted by atomic mass is 16.5. The molecule has 80 valence electrons. The van der Waals surface area contributed by atoms with E-state index in [0.29, 0.717) is 5.92 Å². The molecule has 0 bridgehead atoms. The molecule has 1 atom stereocenters. The van der Waals surface area contributed by atoms with Gasteiger partial charge in [0, 0.05) is 13.2 Å². The van der Waals surface area contributed by atoms with Crippen LogP contribution in [0, 0.1) is 5.92 Å². The Balaban J connectivity index is 3.41. The second-order valence-corrected chi connectivity index (χ2v) is 3.52. The van der Waals surface area contributed by atoms with Gasteiger partial charge in [0.1, 0.15) is 0 Å². The summed E-state index contributed by atoms with van der Waals surface area (Å²) in [6.07, 6.45) is 3.75. The van der Waals surface area contributed by atoms with E-state index in [2.05, 4.69) is 26.1 Å². The van der Waals surface area contributed by atoms with Gasteiger partial charge in [-0.15, -0.1) is 0 Å².